The molecule has 1 N–H and O–H groups in total. The molecule has 33 heavy (non-hydrogen) atoms. The van der Waals surface area contributed by atoms with E-state index in [1.54, 1.807) is 30.9 Å². The predicted molar refractivity (Wildman–Crippen MR) is 110 cm³/mol. The Balaban J connectivity index is 1.53. The molecule has 176 valence electrons. The molecule has 1 aromatic carbocycles. The number of alkyl halides is 3. The molecule has 0 saturated carbocycles. The number of imide groups is 1. The first kappa shape index (κ1) is 22.1. The van der Waals surface area contributed by atoms with Crippen molar-refractivity contribution in [2.75, 3.05) is 11.5 Å². The lowest BCUT2D eigenvalue weighted by Crippen LogP contribution is -2.47. The van der Waals surface area contributed by atoms with Gasteiger partial charge in [-0.1, -0.05) is 6.07 Å². The summed E-state index contributed by atoms with van der Waals surface area (Å²) in [7, 11) is 0. The van der Waals surface area contributed by atoms with Crippen LogP contribution in [0, 0.1) is 18.8 Å². The van der Waals surface area contributed by atoms with Crippen molar-refractivity contribution in [3.05, 3.63) is 47.3 Å². The molecule has 7 nitrogen and oxygen atoms in total. The van der Waals surface area contributed by atoms with Crippen LogP contribution < -0.4 is 4.90 Å². The number of benzene rings is 1. The molecule has 0 radical (unpaired) electrons. The molecule has 3 fully saturated rings. The number of amides is 2. The average molecular weight is 463 g/mol. The maximum Gasteiger partial charge on any atom is 0.416 e. The van der Waals surface area contributed by atoms with Crippen LogP contribution in [0.2, 0.25) is 0 Å². The first-order valence-corrected chi connectivity index (χ1v) is 10.8. The quantitative estimate of drug-likeness (QED) is 0.705. The van der Waals surface area contributed by atoms with Gasteiger partial charge in [-0.2, -0.15) is 18.3 Å². The third kappa shape index (κ3) is 3.00. The summed E-state index contributed by atoms with van der Waals surface area (Å²) in [6, 6.07) is 3.18. The van der Waals surface area contributed by atoms with Gasteiger partial charge in [0.25, 0.3) is 0 Å². The number of hydrogen-bond acceptors (Lipinski definition) is 5. The average Bonchev–Trinajstić information content (AvgIpc) is 3.41. The van der Waals surface area contributed by atoms with Crippen molar-refractivity contribution < 1.29 is 32.6 Å². The predicted octanol–water partition coefficient (Wildman–Crippen LogP) is 3.04. The second kappa shape index (κ2) is 6.89. The number of aromatic nitrogens is 2. The molecule has 2 amide bonds. The SMILES string of the molecule is Cc1ccc(N2C(=O)[C@@H]3[C@H](C2=O)[C@@]2(C)C[C@@H](n4cc(CCO)cn4)[C@]3(C)O2)cc1C(F)(F)F. The van der Waals surface area contributed by atoms with Crippen LogP contribution in [0.15, 0.2) is 30.6 Å². The van der Waals surface area contributed by atoms with Gasteiger partial charge in [0.15, 0.2) is 0 Å². The summed E-state index contributed by atoms with van der Waals surface area (Å²) in [6.45, 7) is 4.86. The number of carbonyl (C=O) groups excluding carboxylic acids is 2. The van der Waals surface area contributed by atoms with Crippen molar-refractivity contribution in [1.82, 2.24) is 9.78 Å². The zero-order chi connectivity index (χ0) is 23.9. The van der Waals surface area contributed by atoms with Crippen molar-refractivity contribution in [1.29, 1.82) is 0 Å². The van der Waals surface area contributed by atoms with E-state index in [0.717, 1.165) is 16.5 Å². The minimum Gasteiger partial charge on any atom is -0.396 e. The smallest absolute Gasteiger partial charge is 0.396 e. The fourth-order valence-corrected chi connectivity index (χ4v) is 5.99. The molecule has 1 aromatic heterocycles. The fourth-order valence-electron chi connectivity index (χ4n) is 5.99. The number of anilines is 1. The Morgan fingerprint density at radius 1 is 1.21 bits per heavy atom. The molecule has 0 unspecified atom stereocenters. The molecular formula is C23H24F3N3O4. The second-order valence-electron chi connectivity index (χ2n) is 9.58. The molecule has 3 aliphatic rings. The first-order chi connectivity index (χ1) is 15.4. The molecule has 4 heterocycles. The number of nitrogens with zero attached hydrogens (tertiary/aromatic N) is 3. The Hall–Kier alpha value is -2.72. The fraction of sp³-hybridized carbons (Fsp3) is 0.522. The summed E-state index contributed by atoms with van der Waals surface area (Å²) in [4.78, 5) is 27.8. The van der Waals surface area contributed by atoms with Crippen LogP contribution in [0.4, 0.5) is 18.9 Å². The van der Waals surface area contributed by atoms with Crippen molar-refractivity contribution in [2.45, 2.75) is 57.0 Å². The van der Waals surface area contributed by atoms with E-state index in [0.29, 0.717) is 12.8 Å². The van der Waals surface area contributed by atoms with E-state index < -0.39 is 46.6 Å². The topological polar surface area (TPSA) is 84.7 Å². The van der Waals surface area contributed by atoms with Gasteiger partial charge in [-0.05, 0) is 50.5 Å². The lowest BCUT2D eigenvalue weighted by atomic mass is 9.66. The molecule has 10 heteroatoms. The van der Waals surface area contributed by atoms with Crippen LogP contribution in [0.25, 0.3) is 0 Å². The number of halogens is 3. The molecule has 0 aliphatic carbocycles. The third-order valence-electron chi connectivity index (χ3n) is 7.45. The Bertz CT molecular complexity index is 1160. The molecule has 5 rings (SSSR count). The highest BCUT2D eigenvalue weighted by Gasteiger charge is 2.76. The number of hydrogen-bond donors (Lipinski definition) is 1. The molecule has 2 bridgehead atoms. The molecule has 5 atom stereocenters. The van der Waals surface area contributed by atoms with Gasteiger partial charge in [0, 0.05) is 19.2 Å². The van der Waals surface area contributed by atoms with Crippen molar-refractivity contribution in [3.63, 3.8) is 0 Å². The molecular weight excluding hydrogens is 439 g/mol. The summed E-state index contributed by atoms with van der Waals surface area (Å²) in [5.41, 5.74) is -2.11. The van der Waals surface area contributed by atoms with Gasteiger partial charge >= 0.3 is 6.18 Å². The number of aliphatic hydroxyl groups excluding tert-OH is 1. The number of carbonyl (C=O) groups is 2. The van der Waals surface area contributed by atoms with E-state index in [1.807, 2.05) is 0 Å². The first-order valence-electron chi connectivity index (χ1n) is 10.8. The van der Waals surface area contributed by atoms with E-state index in [-0.39, 0.29) is 23.9 Å². The van der Waals surface area contributed by atoms with Crippen molar-refractivity contribution >= 4 is 17.5 Å². The standard InChI is InChI=1S/C23H24F3N3O4/c1-12-4-5-14(8-15(12)23(24,25)26)29-19(31)17-18(20(29)32)22(3)16(9-21(17,2)33-22)28-11-13(6-7-30)10-27-28/h4-5,8,10-11,16-18,30H,6-7,9H2,1-3H3/t16-,17-,18+,21-,22+/m1/s1. The van der Waals surface area contributed by atoms with Crippen LogP contribution >= 0.6 is 0 Å². The Labute approximate surface area is 188 Å². The van der Waals surface area contributed by atoms with Crippen LogP contribution in [0.1, 0.15) is 43.0 Å². The van der Waals surface area contributed by atoms with Crippen LogP contribution in [-0.4, -0.2) is 44.5 Å². The summed E-state index contributed by atoms with van der Waals surface area (Å²) < 4.78 is 48.4. The minimum absolute atomic E-state index is 0.0188. The molecule has 2 aromatic rings. The summed E-state index contributed by atoms with van der Waals surface area (Å²) >= 11 is 0. The second-order valence-corrected chi connectivity index (χ2v) is 9.58. The lowest BCUT2D eigenvalue weighted by Gasteiger charge is -2.35. The number of fused-ring (bicyclic) bond motifs is 5. The van der Waals surface area contributed by atoms with Gasteiger partial charge < -0.3 is 9.84 Å². The van der Waals surface area contributed by atoms with Crippen LogP contribution in [-0.2, 0) is 26.9 Å². The normalized spacial score (nSPS) is 33.3. The van der Waals surface area contributed by atoms with Gasteiger partial charge in [-0.15, -0.1) is 0 Å². The van der Waals surface area contributed by atoms with Gasteiger partial charge in [-0.25, -0.2) is 4.90 Å². The maximum absolute atomic E-state index is 13.5. The highest BCUT2D eigenvalue weighted by atomic mass is 19.4. The largest absolute Gasteiger partial charge is 0.416 e. The number of rotatable bonds is 4. The zero-order valence-corrected chi connectivity index (χ0v) is 18.4. The van der Waals surface area contributed by atoms with Crippen LogP contribution in [0.3, 0.4) is 0 Å². The molecule has 3 aliphatic heterocycles. The highest BCUT2D eigenvalue weighted by molar-refractivity contribution is 6.23. The number of aliphatic hydroxyl groups is 1. The highest BCUT2D eigenvalue weighted by Crippen LogP contribution is 2.64. The van der Waals surface area contributed by atoms with Crippen LogP contribution in [0.5, 0.6) is 0 Å². The monoisotopic (exact) mass is 463 g/mol. The van der Waals surface area contributed by atoms with E-state index in [4.69, 9.17) is 4.74 Å². The van der Waals surface area contributed by atoms with Crippen molar-refractivity contribution in [3.8, 4) is 0 Å². The Morgan fingerprint density at radius 3 is 2.58 bits per heavy atom. The number of aryl methyl sites for hydroxylation is 1. The number of ether oxygens (including phenoxy) is 1. The molecule has 0 spiro atoms. The van der Waals surface area contributed by atoms with E-state index >= 15 is 0 Å². The van der Waals surface area contributed by atoms with E-state index in [1.165, 1.54) is 19.1 Å². The minimum atomic E-state index is -4.60. The summed E-state index contributed by atoms with van der Waals surface area (Å²) in [5, 5.41) is 13.6. The summed E-state index contributed by atoms with van der Waals surface area (Å²) in [5.74, 6) is -2.71. The van der Waals surface area contributed by atoms with Gasteiger partial charge in [-0.3, -0.25) is 14.3 Å². The molecule has 3 saturated heterocycles. The maximum atomic E-state index is 13.5. The lowest BCUT2D eigenvalue weighted by molar-refractivity contribution is -0.138. The van der Waals surface area contributed by atoms with Crippen molar-refractivity contribution in [2.24, 2.45) is 11.8 Å². The van der Waals surface area contributed by atoms with Gasteiger partial charge in [0.05, 0.1) is 40.9 Å². The van der Waals surface area contributed by atoms with Gasteiger partial charge in [0.1, 0.15) is 5.60 Å². The Kier molecular flexibility index (Phi) is 4.62. The van der Waals surface area contributed by atoms with Gasteiger partial charge in [0.2, 0.25) is 11.8 Å². The van der Waals surface area contributed by atoms with E-state index in [2.05, 4.69) is 5.10 Å². The Morgan fingerprint density at radius 2 is 1.91 bits per heavy atom. The van der Waals surface area contributed by atoms with E-state index in [9.17, 15) is 27.9 Å². The third-order valence-corrected chi connectivity index (χ3v) is 7.45. The summed E-state index contributed by atoms with van der Waals surface area (Å²) in [6.07, 6.45) is -0.292. The zero-order valence-electron chi connectivity index (χ0n) is 18.4.